The van der Waals surface area contributed by atoms with Crippen molar-refractivity contribution in [3.63, 3.8) is 0 Å². The Morgan fingerprint density at radius 1 is 0.840 bits per heavy atom. The molecule has 0 aliphatic carbocycles. The summed E-state index contributed by atoms with van der Waals surface area (Å²) in [5, 5.41) is 0. The smallest absolute Gasteiger partial charge is 0.245 e. The fourth-order valence-corrected chi connectivity index (χ4v) is 2.47. The Morgan fingerprint density at radius 2 is 1.60 bits per heavy atom. The normalized spacial score (nSPS) is 10.8. The molecular formula is C19H13FN4O. The Kier molecular flexibility index (Phi) is 3.78. The highest BCUT2D eigenvalue weighted by atomic mass is 19.1. The van der Waals surface area contributed by atoms with E-state index in [0.29, 0.717) is 17.3 Å². The lowest BCUT2D eigenvalue weighted by atomic mass is 10.1. The van der Waals surface area contributed by atoms with Gasteiger partial charge in [-0.1, -0.05) is 6.07 Å². The van der Waals surface area contributed by atoms with Crippen LogP contribution in [0.2, 0.25) is 0 Å². The first-order chi connectivity index (χ1) is 12.2. The summed E-state index contributed by atoms with van der Waals surface area (Å²) in [5.41, 5.74) is 4.55. The molecule has 5 nitrogen and oxygen atoms in total. The first-order valence-corrected chi connectivity index (χ1v) is 7.65. The van der Waals surface area contributed by atoms with Crippen LogP contribution in [-0.2, 0) is 0 Å². The van der Waals surface area contributed by atoms with Crippen LogP contribution in [0.4, 0.5) is 4.39 Å². The largest absolute Gasteiger partial charge is 0.443 e. The van der Waals surface area contributed by atoms with Gasteiger partial charge in [-0.25, -0.2) is 24.3 Å². The van der Waals surface area contributed by atoms with Crippen LogP contribution in [0, 0.1) is 12.7 Å². The fraction of sp³-hybridized carbons (Fsp3) is 0.0526. The lowest BCUT2D eigenvalue weighted by Crippen LogP contribution is -1.93. The number of rotatable bonds is 3. The Labute approximate surface area is 143 Å². The summed E-state index contributed by atoms with van der Waals surface area (Å²) in [6.07, 6.45) is 6.42. The molecule has 122 valence electrons. The number of hydrogen-bond acceptors (Lipinski definition) is 5. The van der Waals surface area contributed by atoms with Gasteiger partial charge in [-0.15, -0.1) is 0 Å². The zero-order valence-electron chi connectivity index (χ0n) is 13.3. The maximum absolute atomic E-state index is 13.1. The van der Waals surface area contributed by atoms with Crippen molar-refractivity contribution >= 4 is 0 Å². The second kappa shape index (κ2) is 6.24. The zero-order chi connectivity index (χ0) is 17.2. The van der Waals surface area contributed by atoms with Crippen molar-refractivity contribution in [2.75, 3.05) is 0 Å². The van der Waals surface area contributed by atoms with E-state index in [4.69, 9.17) is 4.42 Å². The molecule has 0 amide bonds. The molecule has 0 fully saturated rings. The molecule has 0 aliphatic heterocycles. The molecule has 4 rings (SSSR count). The summed E-state index contributed by atoms with van der Waals surface area (Å²) in [5.74, 6) is 0.123. The minimum atomic E-state index is -0.289. The van der Waals surface area contributed by atoms with E-state index in [-0.39, 0.29) is 5.82 Å². The average Bonchev–Trinajstić information content (AvgIpc) is 3.13. The summed E-state index contributed by atoms with van der Waals surface area (Å²) < 4.78 is 18.7. The molecule has 1 aromatic carbocycles. The minimum Gasteiger partial charge on any atom is -0.443 e. The number of hydrogen-bond donors (Lipinski definition) is 0. The second-order valence-corrected chi connectivity index (χ2v) is 5.53. The van der Waals surface area contributed by atoms with Crippen LogP contribution in [0.5, 0.6) is 0 Å². The van der Waals surface area contributed by atoms with E-state index in [1.165, 1.54) is 18.5 Å². The van der Waals surface area contributed by atoms with Gasteiger partial charge in [0.1, 0.15) is 29.8 Å². The quantitative estimate of drug-likeness (QED) is 0.559. The van der Waals surface area contributed by atoms with Gasteiger partial charge in [0.15, 0.2) is 0 Å². The van der Waals surface area contributed by atoms with E-state index in [1.807, 2.05) is 19.1 Å². The molecule has 3 heterocycles. The molecule has 0 atom stereocenters. The molecule has 0 saturated heterocycles. The van der Waals surface area contributed by atoms with E-state index < -0.39 is 0 Å². The Balaban J connectivity index is 1.74. The number of oxazole rings is 1. The van der Waals surface area contributed by atoms with Crippen molar-refractivity contribution in [2.45, 2.75) is 6.92 Å². The van der Waals surface area contributed by atoms with Crippen LogP contribution in [-0.4, -0.2) is 19.9 Å². The highest BCUT2D eigenvalue weighted by molar-refractivity contribution is 5.66. The molecule has 0 bridgehead atoms. The number of aromatic nitrogens is 4. The molecule has 0 unspecified atom stereocenters. The molecule has 0 spiro atoms. The molecule has 0 radical (unpaired) electrons. The van der Waals surface area contributed by atoms with Crippen LogP contribution in [0.15, 0.2) is 65.8 Å². The van der Waals surface area contributed by atoms with Crippen LogP contribution in [0.3, 0.4) is 0 Å². The third-order valence-electron chi connectivity index (χ3n) is 3.80. The number of aryl methyl sites for hydroxylation is 1. The molecular weight excluding hydrogens is 319 g/mol. The summed E-state index contributed by atoms with van der Waals surface area (Å²) >= 11 is 0. The predicted octanol–water partition coefficient (Wildman–Crippen LogP) is 4.31. The molecule has 25 heavy (non-hydrogen) atoms. The van der Waals surface area contributed by atoms with Gasteiger partial charge in [0.25, 0.3) is 0 Å². The van der Waals surface area contributed by atoms with Gasteiger partial charge in [0.2, 0.25) is 5.89 Å². The molecule has 0 aliphatic rings. The predicted molar refractivity (Wildman–Crippen MR) is 90.9 cm³/mol. The standard InChI is InChI=1S/C19H13FN4O/c1-12-2-7-16(14-8-21-11-22-9-14)23-18(12)19-24-17(10-25-19)13-3-5-15(20)6-4-13/h2-11H,1H3. The SMILES string of the molecule is Cc1ccc(-c2cncnc2)nc1-c1nc(-c2ccc(F)cc2)co1. The maximum atomic E-state index is 13.1. The summed E-state index contributed by atoms with van der Waals surface area (Å²) in [6, 6.07) is 9.96. The molecule has 4 aromatic rings. The zero-order valence-corrected chi connectivity index (χ0v) is 13.3. The van der Waals surface area contributed by atoms with Crippen molar-refractivity contribution < 1.29 is 8.81 Å². The van der Waals surface area contributed by atoms with Gasteiger partial charge < -0.3 is 4.42 Å². The summed E-state index contributed by atoms with van der Waals surface area (Å²) in [7, 11) is 0. The van der Waals surface area contributed by atoms with Gasteiger partial charge in [0.05, 0.1) is 5.69 Å². The first-order valence-electron chi connectivity index (χ1n) is 7.65. The first kappa shape index (κ1) is 15.1. The molecule has 0 N–H and O–H groups in total. The van der Waals surface area contributed by atoms with Crippen LogP contribution < -0.4 is 0 Å². The Morgan fingerprint density at radius 3 is 2.36 bits per heavy atom. The molecule has 6 heteroatoms. The van der Waals surface area contributed by atoms with E-state index in [0.717, 1.165) is 22.4 Å². The average molecular weight is 332 g/mol. The van der Waals surface area contributed by atoms with E-state index in [1.54, 1.807) is 30.8 Å². The summed E-state index contributed by atoms with van der Waals surface area (Å²) in [4.78, 5) is 17.2. The molecule has 0 saturated carbocycles. The van der Waals surface area contributed by atoms with Crippen LogP contribution in [0.1, 0.15) is 5.56 Å². The summed E-state index contributed by atoms with van der Waals surface area (Å²) in [6.45, 7) is 1.94. The number of benzene rings is 1. The lowest BCUT2D eigenvalue weighted by molar-refractivity contribution is 0.572. The number of nitrogens with zero attached hydrogens (tertiary/aromatic N) is 4. The number of halogens is 1. The van der Waals surface area contributed by atoms with E-state index >= 15 is 0 Å². The van der Waals surface area contributed by atoms with Crippen molar-refractivity contribution in [3.05, 3.63) is 72.8 Å². The van der Waals surface area contributed by atoms with Crippen LogP contribution in [0.25, 0.3) is 34.1 Å². The number of pyridine rings is 1. The van der Waals surface area contributed by atoms with Gasteiger partial charge >= 0.3 is 0 Å². The van der Waals surface area contributed by atoms with Gasteiger partial charge in [0, 0.05) is 23.5 Å². The van der Waals surface area contributed by atoms with Crippen molar-refractivity contribution in [3.8, 4) is 34.1 Å². The van der Waals surface area contributed by atoms with E-state index in [2.05, 4.69) is 19.9 Å². The van der Waals surface area contributed by atoms with Crippen molar-refractivity contribution in [1.29, 1.82) is 0 Å². The van der Waals surface area contributed by atoms with Crippen molar-refractivity contribution in [1.82, 2.24) is 19.9 Å². The van der Waals surface area contributed by atoms with Gasteiger partial charge in [-0.2, -0.15) is 0 Å². The van der Waals surface area contributed by atoms with Gasteiger partial charge in [-0.05, 0) is 42.8 Å². The third-order valence-corrected chi connectivity index (χ3v) is 3.80. The highest BCUT2D eigenvalue weighted by Gasteiger charge is 2.14. The van der Waals surface area contributed by atoms with Crippen LogP contribution >= 0.6 is 0 Å². The monoisotopic (exact) mass is 332 g/mol. The highest BCUT2D eigenvalue weighted by Crippen LogP contribution is 2.27. The topological polar surface area (TPSA) is 64.7 Å². The van der Waals surface area contributed by atoms with E-state index in [9.17, 15) is 4.39 Å². The van der Waals surface area contributed by atoms with Gasteiger partial charge in [-0.3, -0.25) is 0 Å². The third kappa shape index (κ3) is 3.01. The Hall–Kier alpha value is -3.41. The maximum Gasteiger partial charge on any atom is 0.245 e. The Bertz CT molecular complexity index is 1010. The van der Waals surface area contributed by atoms with Crippen molar-refractivity contribution in [2.24, 2.45) is 0 Å². The lowest BCUT2D eigenvalue weighted by Gasteiger charge is -2.04. The second-order valence-electron chi connectivity index (χ2n) is 5.53. The minimum absolute atomic E-state index is 0.289. The fourth-order valence-electron chi connectivity index (χ4n) is 2.47. The molecule has 3 aromatic heterocycles.